The monoisotopic (exact) mass is 251 g/mol. The zero-order valence-electron chi connectivity index (χ0n) is 11.7. The fourth-order valence-electron chi connectivity index (χ4n) is 1.97. The second-order valence-electron chi connectivity index (χ2n) is 4.45. The predicted octanol–water partition coefficient (Wildman–Crippen LogP) is 3.67. The molecule has 0 heterocycles. The molecule has 0 fully saturated rings. The van der Waals surface area contributed by atoms with E-state index < -0.39 is 0 Å². The summed E-state index contributed by atoms with van der Waals surface area (Å²) < 4.78 is 10.8. The Morgan fingerprint density at radius 3 is 2.56 bits per heavy atom. The van der Waals surface area contributed by atoms with Gasteiger partial charge in [-0.05, 0) is 31.0 Å². The number of unbranched alkanes of at least 4 members (excludes halogenated alkanes) is 2. The van der Waals surface area contributed by atoms with Gasteiger partial charge in [-0.25, -0.2) is 0 Å². The first kappa shape index (κ1) is 14.8. The summed E-state index contributed by atoms with van der Waals surface area (Å²) in [5, 5.41) is 0. The first-order chi connectivity index (χ1) is 8.72. The highest BCUT2D eigenvalue weighted by atomic mass is 16.5. The third-order valence-corrected chi connectivity index (χ3v) is 3.03. The molecule has 1 aromatic rings. The highest BCUT2D eigenvalue weighted by Crippen LogP contribution is 2.31. The van der Waals surface area contributed by atoms with Crippen molar-refractivity contribution in [3.8, 4) is 11.5 Å². The van der Waals surface area contributed by atoms with E-state index in [0.29, 0.717) is 6.61 Å². The van der Waals surface area contributed by atoms with Gasteiger partial charge >= 0.3 is 0 Å². The van der Waals surface area contributed by atoms with Crippen molar-refractivity contribution in [3.05, 3.63) is 23.8 Å². The summed E-state index contributed by atoms with van der Waals surface area (Å²) in [6.45, 7) is 4.80. The maximum atomic E-state index is 6.20. The Morgan fingerprint density at radius 1 is 1.17 bits per heavy atom. The zero-order valence-corrected chi connectivity index (χ0v) is 11.7. The normalized spacial score (nSPS) is 12.2. The van der Waals surface area contributed by atoms with Gasteiger partial charge in [0.1, 0.15) is 0 Å². The second kappa shape index (κ2) is 7.98. The molecule has 0 aliphatic carbocycles. The molecule has 0 amide bonds. The van der Waals surface area contributed by atoms with Crippen molar-refractivity contribution in [2.24, 2.45) is 5.73 Å². The van der Waals surface area contributed by atoms with E-state index in [1.165, 1.54) is 19.3 Å². The minimum atomic E-state index is 0.0849. The van der Waals surface area contributed by atoms with E-state index in [4.69, 9.17) is 15.2 Å². The smallest absolute Gasteiger partial charge is 0.161 e. The number of ether oxygens (including phenoxy) is 2. The number of hydrogen-bond acceptors (Lipinski definition) is 3. The molecule has 0 aliphatic heterocycles. The van der Waals surface area contributed by atoms with Crippen molar-refractivity contribution in [1.29, 1.82) is 0 Å². The van der Waals surface area contributed by atoms with Crippen LogP contribution in [0.2, 0.25) is 0 Å². The molecule has 1 rings (SSSR count). The number of methoxy groups -OCH3 is 1. The van der Waals surface area contributed by atoms with Crippen LogP contribution in [0.1, 0.15) is 51.1 Å². The van der Waals surface area contributed by atoms with E-state index in [0.717, 1.165) is 23.5 Å². The van der Waals surface area contributed by atoms with Crippen molar-refractivity contribution >= 4 is 0 Å². The van der Waals surface area contributed by atoms with Crippen LogP contribution in [0.15, 0.2) is 18.2 Å². The van der Waals surface area contributed by atoms with Crippen molar-refractivity contribution in [1.82, 2.24) is 0 Å². The van der Waals surface area contributed by atoms with Gasteiger partial charge in [0.2, 0.25) is 0 Å². The summed E-state index contributed by atoms with van der Waals surface area (Å²) in [5.41, 5.74) is 7.32. The average Bonchev–Trinajstić information content (AvgIpc) is 2.39. The molecule has 1 aromatic carbocycles. The van der Waals surface area contributed by atoms with Gasteiger partial charge in [0, 0.05) is 6.04 Å². The lowest BCUT2D eigenvalue weighted by atomic mass is 10.0. The second-order valence-corrected chi connectivity index (χ2v) is 4.45. The van der Waals surface area contributed by atoms with Crippen LogP contribution in [-0.4, -0.2) is 13.7 Å². The predicted molar refractivity (Wildman–Crippen MR) is 75.2 cm³/mol. The van der Waals surface area contributed by atoms with Crippen molar-refractivity contribution in [2.45, 2.75) is 45.6 Å². The van der Waals surface area contributed by atoms with Crippen molar-refractivity contribution < 1.29 is 9.47 Å². The van der Waals surface area contributed by atoms with Gasteiger partial charge < -0.3 is 15.2 Å². The largest absolute Gasteiger partial charge is 0.493 e. The molecular weight excluding hydrogens is 226 g/mol. The fourth-order valence-corrected chi connectivity index (χ4v) is 1.97. The molecule has 3 heteroatoms. The highest BCUT2D eigenvalue weighted by molar-refractivity contribution is 5.43. The van der Waals surface area contributed by atoms with Crippen LogP contribution in [0.4, 0.5) is 0 Å². The molecule has 18 heavy (non-hydrogen) atoms. The first-order valence-electron chi connectivity index (χ1n) is 6.79. The lowest BCUT2D eigenvalue weighted by Gasteiger charge is -2.15. The number of nitrogens with two attached hydrogens (primary N) is 1. The zero-order chi connectivity index (χ0) is 13.4. The Labute approximate surface area is 110 Å². The molecule has 102 valence electrons. The standard InChI is InChI=1S/C15H25NO2/c1-4-6-7-8-13(16)12-9-10-14(17-3)15(11-12)18-5-2/h9-11,13H,4-8,16H2,1-3H3/t13-/m1/s1. The van der Waals surface area contributed by atoms with E-state index in [1.807, 2.05) is 25.1 Å². The lowest BCUT2D eigenvalue weighted by Crippen LogP contribution is -2.10. The van der Waals surface area contributed by atoms with E-state index in [1.54, 1.807) is 7.11 Å². The first-order valence-corrected chi connectivity index (χ1v) is 6.79. The van der Waals surface area contributed by atoms with E-state index in [9.17, 15) is 0 Å². The van der Waals surface area contributed by atoms with Gasteiger partial charge in [0.15, 0.2) is 11.5 Å². The van der Waals surface area contributed by atoms with Crippen LogP contribution in [-0.2, 0) is 0 Å². The molecule has 0 saturated carbocycles. The minimum absolute atomic E-state index is 0.0849. The van der Waals surface area contributed by atoms with Crippen LogP contribution in [0.5, 0.6) is 11.5 Å². The summed E-state index contributed by atoms with van der Waals surface area (Å²) >= 11 is 0. The molecule has 0 aromatic heterocycles. The Kier molecular flexibility index (Phi) is 6.58. The summed E-state index contributed by atoms with van der Waals surface area (Å²) in [5.74, 6) is 1.55. The van der Waals surface area contributed by atoms with Crippen LogP contribution in [0.25, 0.3) is 0 Å². The highest BCUT2D eigenvalue weighted by Gasteiger charge is 2.10. The van der Waals surface area contributed by atoms with Gasteiger partial charge in [-0.3, -0.25) is 0 Å². The molecule has 3 nitrogen and oxygen atoms in total. The Bertz CT molecular complexity index is 352. The van der Waals surface area contributed by atoms with Gasteiger partial charge in [-0.1, -0.05) is 32.3 Å². The van der Waals surface area contributed by atoms with Crippen LogP contribution in [0, 0.1) is 0 Å². The van der Waals surface area contributed by atoms with Gasteiger partial charge in [0.05, 0.1) is 13.7 Å². The maximum absolute atomic E-state index is 6.20. The molecular formula is C15H25NO2. The van der Waals surface area contributed by atoms with Crippen molar-refractivity contribution in [2.75, 3.05) is 13.7 Å². The molecule has 0 unspecified atom stereocenters. The Balaban J connectivity index is 2.73. The van der Waals surface area contributed by atoms with Gasteiger partial charge in [-0.2, -0.15) is 0 Å². The number of rotatable bonds is 8. The maximum Gasteiger partial charge on any atom is 0.161 e. The molecule has 0 radical (unpaired) electrons. The topological polar surface area (TPSA) is 44.5 Å². The number of benzene rings is 1. The van der Waals surface area contributed by atoms with Crippen molar-refractivity contribution in [3.63, 3.8) is 0 Å². The van der Waals surface area contributed by atoms with E-state index in [2.05, 4.69) is 6.92 Å². The summed E-state index contributed by atoms with van der Waals surface area (Å²) in [6, 6.07) is 6.04. The average molecular weight is 251 g/mol. The summed E-state index contributed by atoms with van der Waals surface area (Å²) in [7, 11) is 1.65. The van der Waals surface area contributed by atoms with Gasteiger partial charge in [0.25, 0.3) is 0 Å². The van der Waals surface area contributed by atoms with E-state index in [-0.39, 0.29) is 6.04 Å². The van der Waals surface area contributed by atoms with Crippen LogP contribution < -0.4 is 15.2 Å². The van der Waals surface area contributed by atoms with Crippen LogP contribution >= 0.6 is 0 Å². The molecule has 0 saturated heterocycles. The molecule has 1 atom stereocenters. The van der Waals surface area contributed by atoms with Crippen LogP contribution in [0.3, 0.4) is 0 Å². The SMILES string of the molecule is CCCCC[C@@H](N)c1ccc(OC)c(OCC)c1. The third-order valence-electron chi connectivity index (χ3n) is 3.03. The Morgan fingerprint density at radius 2 is 1.94 bits per heavy atom. The van der Waals surface area contributed by atoms with E-state index >= 15 is 0 Å². The molecule has 0 aliphatic rings. The summed E-state index contributed by atoms with van der Waals surface area (Å²) in [4.78, 5) is 0. The molecule has 0 spiro atoms. The quantitative estimate of drug-likeness (QED) is 0.717. The summed E-state index contributed by atoms with van der Waals surface area (Å²) in [6.07, 6.45) is 4.65. The lowest BCUT2D eigenvalue weighted by molar-refractivity contribution is 0.310. The molecule has 2 N–H and O–H groups in total. The molecule has 0 bridgehead atoms. The third kappa shape index (κ3) is 4.22. The number of hydrogen-bond donors (Lipinski definition) is 1. The Hall–Kier alpha value is -1.22. The van der Waals surface area contributed by atoms with Gasteiger partial charge in [-0.15, -0.1) is 0 Å². The fraction of sp³-hybridized carbons (Fsp3) is 0.600. The minimum Gasteiger partial charge on any atom is -0.493 e.